The van der Waals surface area contributed by atoms with E-state index in [4.69, 9.17) is 20.9 Å². The summed E-state index contributed by atoms with van der Waals surface area (Å²) in [6, 6.07) is 12.9. The van der Waals surface area contributed by atoms with Crippen molar-refractivity contribution in [3.63, 3.8) is 0 Å². The summed E-state index contributed by atoms with van der Waals surface area (Å²) < 4.78 is 56.4. The number of carbonyl (C=O) groups excluding carboxylic acids is 15. The smallest absolute Gasteiger partial charge is 0.305 e. The second-order valence-corrected chi connectivity index (χ2v) is 35.4. The molecule has 6 aromatic carbocycles. The number of hydrogen-bond acceptors (Lipinski definition) is 23. The van der Waals surface area contributed by atoms with Crippen LogP contribution in [0.5, 0.6) is 11.5 Å². The number of benzene rings is 6. The van der Waals surface area contributed by atoms with Crippen molar-refractivity contribution >= 4 is 117 Å². The van der Waals surface area contributed by atoms with Crippen LogP contribution in [0.2, 0.25) is 0 Å². The van der Waals surface area contributed by atoms with Gasteiger partial charge in [0.25, 0.3) is 0 Å². The van der Waals surface area contributed by atoms with Gasteiger partial charge in [-0.3, -0.25) is 76.7 Å². The SMILES string of the molecule is COCC[C@H]1C(=O)N2C[C@@H](O)C[C@@H]2C(=O)N[C@@H](CC(=O)O)C(=O)N[C@@H](C(C)C)C(=O)N(C)[C@@H](Cc2ccccc2)C(=O)N[C@@H](Cc2ccc(O)cc2)C(=O)N2CCOC[C@@H]2C(=O)N[C@@H](Cc2c[nH]c3ccccc23)C(=O)N[C@@H](Cc2ccc(O)cc2)C(=O)N[C@@H](CCCN)C(=O)N[C@H](C(=O)NCC(N)=O)CSCC(=O)N[C@@H](Cc2cc(F)c(F)c(F)c2)C(=O)N(C)[C@@H](Cc2ccccc2)C(=O)N1C. The molecule has 3 saturated heterocycles. The lowest BCUT2D eigenvalue weighted by Gasteiger charge is -2.38. The van der Waals surface area contributed by atoms with Crippen molar-refractivity contribution in [1.82, 2.24) is 77.3 Å². The van der Waals surface area contributed by atoms with Crippen LogP contribution in [0.1, 0.15) is 79.3 Å². The van der Waals surface area contributed by atoms with Gasteiger partial charge in [-0.15, -0.1) is 11.8 Å². The maximum Gasteiger partial charge on any atom is 0.305 e. The summed E-state index contributed by atoms with van der Waals surface area (Å²) in [5.74, 6) is -25.4. The van der Waals surface area contributed by atoms with Gasteiger partial charge in [0.1, 0.15) is 90.0 Å². The normalized spacial score (nSPS) is 23.7. The Labute approximate surface area is 796 Å². The third-order valence-corrected chi connectivity index (χ3v) is 25.1. The summed E-state index contributed by atoms with van der Waals surface area (Å²) in [4.78, 5) is 247. The maximum atomic E-state index is 15.9. The molecule has 43 heteroatoms. The summed E-state index contributed by atoms with van der Waals surface area (Å²) in [6.07, 6.45) is -4.78. The number of aliphatic hydroxyl groups excluding tert-OH is 1. The highest BCUT2D eigenvalue weighted by atomic mass is 32.2. The predicted molar refractivity (Wildman–Crippen MR) is 495 cm³/mol. The van der Waals surface area contributed by atoms with Crippen molar-refractivity contribution in [2.24, 2.45) is 17.4 Å². The van der Waals surface area contributed by atoms with Crippen molar-refractivity contribution < 1.29 is 120 Å². The first-order valence-corrected chi connectivity index (χ1v) is 45.9. The Balaban J connectivity index is 1.07. The highest BCUT2D eigenvalue weighted by molar-refractivity contribution is 8.00. The highest BCUT2D eigenvalue weighted by Crippen LogP contribution is 2.28. The number of amides is 15. The summed E-state index contributed by atoms with van der Waals surface area (Å²) in [5, 5.41) is 66.6. The number of rotatable bonds is 24. The Kier molecular flexibility index (Phi) is 38.5. The minimum Gasteiger partial charge on any atom is -0.508 e. The molecule has 18 N–H and O–H groups in total. The van der Waals surface area contributed by atoms with Crippen LogP contribution in [0.3, 0.4) is 0 Å². The van der Waals surface area contributed by atoms with Crippen LogP contribution in [0.4, 0.5) is 13.2 Å². The first kappa shape index (κ1) is 106. The molecule has 0 unspecified atom stereocenters. The number of aromatic nitrogens is 1. The first-order valence-electron chi connectivity index (χ1n) is 44.8. The fourth-order valence-corrected chi connectivity index (χ4v) is 17.4. The molecule has 4 heterocycles. The molecule has 138 heavy (non-hydrogen) atoms. The molecule has 0 aliphatic carbocycles. The number of carbonyl (C=O) groups is 16. The zero-order valence-electron chi connectivity index (χ0n) is 76.8. The number of nitrogens with one attached hydrogen (secondary N) is 10. The van der Waals surface area contributed by atoms with Gasteiger partial charge in [-0.05, 0) is 101 Å². The number of likely N-dealkylation sites (N-methyl/N-ethyl adjacent to an activating group) is 3. The zero-order valence-corrected chi connectivity index (χ0v) is 77.6. The van der Waals surface area contributed by atoms with E-state index in [2.05, 4.69) is 52.8 Å². The van der Waals surface area contributed by atoms with Crippen LogP contribution >= 0.6 is 11.8 Å². The van der Waals surface area contributed by atoms with Crippen LogP contribution in [0, 0.1) is 23.4 Å². The third kappa shape index (κ3) is 29.0. The molecule has 7 aromatic rings. The number of para-hydroxylation sites is 1. The molecule has 740 valence electrons. The fourth-order valence-electron chi connectivity index (χ4n) is 16.5. The first-order chi connectivity index (χ1) is 65.8. The largest absolute Gasteiger partial charge is 0.508 e. The number of phenolic OH excluding ortho intramolecular Hbond substituents is 2. The van der Waals surface area contributed by atoms with Crippen molar-refractivity contribution in [1.29, 1.82) is 0 Å². The van der Waals surface area contributed by atoms with Crippen LogP contribution in [-0.4, -0.2) is 315 Å². The van der Waals surface area contributed by atoms with Crippen LogP contribution in [0.15, 0.2) is 152 Å². The molecule has 0 bridgehead atoms. The molecule has 14 atom stereocenters. The molecule has 39 nitrogen and oxygen atoms in total. The molecule has 3 fully saturated rings. The van der Waals surface area contributed by atoms with E-state index in [-0.39, 0.29) is 82.7 Å². The number of H-pyrrole nitrogens is 1. The van der Waals surface area contributed by atoms with Gasteiger partial charge in [-0.2, -0.15) is 0 Å². The number of morpholine rings is 1. The molecule has 0 radical (unpaired) electrons. The van der Waals surface area contributed by atoms with Gasteiger partial charge in [0, 0.05) is 122 Å². The van der Waals surface area contributed by atoms with E-state index in [9.17, 15) is 58.4 Å². The van der Waals surface area contributed by atoms with Crippen LogP contribution in [0.25, 0.3) is 10.9 Å². The van der Waals surface area contributed by atoms with E-state index in [1.807, 2.05) is 0 Å². The number of nitrogens with two attached hydrogens (primary N) is 2. The molecular weight excluding hydrogens is 1820 g/mol. The number of aliphatic carboxylic acids is 1. The standard InChI is InChI=1S/C95H116F3N17O22S/c1-52(2)82-95(135)112(4)74(41-53-16-9-7-10-17-53)88(128)108-71(39-56-25-29-60(117)30-26-56)92(132)114-33-35-137-49-77(114)90(130)106-68(43-58-46-101-65-21-14-13-20-62(58)65)86(126)105-67(38-55-23-27-59(116)28-24-55)85(125)104-66(22-15-32-99)84(124)109-72(83(123)102-47-78(100)119)50-138-51-79(120)103-70(40-57-36-63(96)81(98)64(97)37-57)91(131)113(5)76(42-54-18-11-8-12-19-54)93(133)111(3)73(31-34-136-6)94(134)115-48-61(118)44-75(115)89(129)107-69(45-80(121)122)87(127)110-82/h7-14,16-21,23-30,36-37,46,52,61,66-77,82,101,116-118H,15,22,31-35,38-45,47-51,99H2,1-6H3,(H2,100,119)(H,102,123)(H,103,120)(H,104,125)(H,105,126)(H,106,130)(H,107,129)(H,108,128)(H,109,124)(H,110,127)(H,121,122)/t61-,66-,67-,68-,69-,70-,71-,72-,73-,74-,75+,76-,77+,82-/m0/s1. The molecule has 15 amide bonds. The lowest BCUT2D eigenvalue weighted by Crippen LogP contribution is -2.64. The van der Waals surface area contributed by atoms with Gasteiger partial charge in [-0.1, -0.05) is 117 Å². The van der Waals surface area contributed by atoms with Gasteiger partial charge in [0.2, 0.25) is 88.6 Å². The number of phenols is 2. The summed E-state index contributed by atoms with van der Waals surface area (Å²) >= 11 is 0.630. The number of nitrogens with zero attached hydrogens (tertiary/aromatic N) is 5. The summed E-state index contributed by atoms with van der Waals surface area (Å²) in [6.45, 7) is 0.223. The molecule has 3 aliphatic rings. The van der Waals surface area contributed by atoms with E-state index in [0.29, 0.717) is 62.6 Å². The van der Waals surface area contributed by atoms with Crippen molar-refractivity contribution in [3.8, 4) is 11.5 Å². The molecule has 0 spiro atoms. The van der Waals surface area contributed by atoms with E-state index >= 15 is 51.9 Å². The number of aliphatic hydroxyl groups is 1. The van der Waals surface area contributed by atoms with E-state index < -0.39 is 265 Å². The fraction of sp³-hybridized carbons (Fsp3) is 0.432. The Morgan fingerprint density at radius 3 is 1.66 bits per heavy atom. The third-order valence-electron chi connectivity index (χ3n) is 24.0. The quantitative estimate of drug-likeness (QED) is 0.0341. The van der Waals surface area contributed by atoms with Gasteiger partial charge in [0.15, 0.2) is 17.5 Å². The lowest BCUT2D eigenvalue weighted by atomic mass is 9.98. The molecule has 0 saturated carbocycles. The average Bonchev–Trinajstić information content (AvgIpc) is 1.47. The number of aromatic hydroxyl groups is 2. The lowest BCUT2D eigenvalue weighted by molar-refractivity contribution is -0.153. The topological polar surface area (TPSA) is 565 Å². The second-order valence-electron chi connectivity index (χ2n) is 34.4. The number of primary amides is 1. The molecule has 1 aromatic heterocycles. The minimum absolute atomic E-state index is 0.00684. The van der Waals surface area contributed by atoms with Gasteiger partial charge < -0.3 is 119 Å². The van der Waals surface area contributed by atoms with E-state index in [1.54, 1.807) is 91.1 Å². The Morgan fingerprint density at radius 1 is 0.543 bits per heavy atom. The monoisotopic (exact) mass is 1940 g/mol. The highest BCUT2D eigenvalue weighted by Gasteiger charge is 2.48. The van der Waals surface area contributed by atoms with Gasteiger partial charge in [-0.25, -0.2) is 13.2 Å². The van der Waals surface area contributed by atoms with E-state index in [1.165, 1.54) is 83.6 Å². The Hall–Kier alpha value is -14.0. The van der Waals surface area contributed by atoms with Gasteiger partial charge >= 0.3 is 5.97 Å². The number of methoxy groups -OCH3 is 1. The number of halogens is 3. The number of hydrogen-bond donors (Lipinski definition) is 16. The summed E-state index contributed by atoms with van der Waals surface area (Å²) in [5.41, 5.74) is 13.6. The number of fused-ring (bicyclic) bond motifs is 3. The zero-order chi connectivity index (χ0) is 100. The number of carboxylic acid groups (broad SMARTS) is 1. The summed E-state index contributed by atoms with van der Waals surface area (Å²) in [7, 11) is 4.81. The average molecular weight is 1940 g/mol. The van der Waals surface area contributed by atoms with Crippen molar-refractivity contribution in [2.75, 3.05) is 85.8 Å². The number of ether oxygens (including phenoxy) is 2. The maximum absolute atomic E-state index is 15.9. The predicted octanol–water partition coefficient (Wildman–Crippen LogP) is -0.445. The number of carboxylic acids is 1. The van der Waals surface area contributed by atoms with Crippen LogP contribution in [-0.2, 0) is 125 Å². The van der Waals surface area contributed by atoms with Crippen LogP contribution < -0.4 is 59.3 Å². The molecule has 10 rings (SSSR count). The van der Waals surface area contributed by atoms with Crippen molar-refractivity contribution in [2.45, 2.75) is 169 Å². The molecular formula is C95H116F3N17O22S. The van der Waals surface area contributed by atoms with Gasteiger partial charge in [0.05, 0.1) is 38.0 Å². The Bertz CT molecular complexity index is 5500. The number of thioether (sulfide) groups is 1. The number of aromatic amines is 1. The van der Waals surface area contributed by atoms with E-state index in [0.717, 1.165) is 31.5 Å². The minimum atomic E-state index is -2.07. The second kappa shape index (κ2) is 50.2. The Morgan fingerprint density at radius 2 is 1.06 bits per heavy atom. The molecule has 3 aliphatic heterocycles. The van der Waals surface area contributed by atoms with Crippen molar-refractivity contribution in [3.05, 3.63) is 203 Å².